The third kappa shape index (κ3) is 5.05. The maximum atomic E-state index is 13.7. The zero-order chi connectivity index (χ0) is 25.9. The fourth-order valence-corrected chi connectivity index (χ4v) is 5.04. The van der Waals surface area contributed by atoms with Crippen LogP contribution in [0, 0.1) is 6.92 Å². The van der Waals surface area contributed by atoms with Gasteiger partial charge in [0.25, 0.3) is 11.8 Å². The molecule has 3 aromatic carbocycles. The topological polar surface area (TPSA) is 45.6 Å². The molecule has 1 saturated heterocycles. The lowest BCUT2D eigenvalue weighted by Gasteiger charge is -2.35. The highest BCUT2D eigenvalue weighted by molar-refractivity contribution is 6.30. The van der Waals surface area contributed by atoms with E-state index < -0.39 is 0 Å². The number of aryl methyl sites for hydroxylation is 1. The van der Waals surface area contributed by atoms with Crippen LogP contribution in [0.3, 0.4) is 0 Å². The molecular weight excluding hydrogens is 482 g/mol. The number of nitrogens with zero attached hydrogens (tertiary/aromatic N) is 3. The molecule has 1 aliphatic heterocycles. The number of hydrogen-bond donors (Lipinski definition) is 0. The second-order valence-corrected chi connectivity index (χ2v) is 9.78. The lowest BCUT2D eigenvalue weighted by Crippen LogP contribution is -2.50. The second-order valence-electron chi connectivity index (χ2n) is 9.34. The molecular formula is C31H30ClN3O2. The molecule has 0 spiro atoms. The van der Waals surface area contributed by atoms with E-state index in [-0.39, 0.29) is 11.8 Å². The van der Waals surface area contributed by atoms with Crippen molar-refractivity contribution in [2.45, 2.75) is 20.3 Å². The Kier molecular flexibility index (Phi) is 7.15. The molecule has 1 aromatic heterocycles. The highest BCUT2D eigenvalue weighted by Gasteiger charge is 2.28. The van der Waals surface area contributed by atoms with E-state index in [4.69, 9.17) is 11.6 Å². The predicted octanol–water partition coefficient (Wildman–Crippen LogP) is 6.27. The van der Waals surface area contributed by atoms with E-state index in [1.165, 1.54) is 5.56 Å². The van der Waals surface area contributed by atoms with Gasteiger partial charge in [0.05, 0.1) is 11.3 Å². The Hall–Kier alpha value is -3.83. The lowest BCUT2D eigenvalue weighted by molar-refractivity contribution is 0.0535. The van der Waals surface area contributed by atoms with E-state index in [9.17, 15) is 9.59 Å². The quantitative estimate of drug-likeness (QED) is 0.317. The van der Waals surface area contributed by atoms with Crippen LogP contribution in [0.5, 0.6) is 0 Å². The Morgan fingerprint density at radius 1 is 0.784 bits per heavy atom. The highest BCUT2D eigenvalue weighted by atomic mass is 35.5. The van der Waals surface area contributed by atoms with Gasteiger partial charge in [-0.3, -0.25) is 9.59 Å². The van der Waals surface area contributed by atoms with E-state index in [0.717, 1.165) is 29.1 Å². The number of piperazine rings is 1. The first-order chi connectivity index (χ1) is 18.0. The first-order valence-corrected chi connectivity index (χ1v) is 13.0. The average molecular weight is 512 g/mol. The SMILES string of the molecule is CCc1ccc(C(=O)N2CCN(C(=O)c3cc(-c4ccc(Cl)cc4)n(-c4ccccc4)c3C)CC2)cc1. The predicted molar refractivity (Wildman–Crippen MR) is 149 cm³/mol. The molecule has 0 atom stereocenters. The Bertz CT molecular complexity index is 1400. The van der Waals surface area contributed by atoms with E-state index in [0.29, 0.717) is 42.3 Å². The molecule has 0 unspecified atom stereocenters. The van der Waals surface area contributed by atoms with Crippen molar-refractivity contribution in [2.24, 2.45) is 0 Å². The van der Waals surface area contributed by atoms with Gasteiger partial charge in [-0.25, -0.2) is 0 Å². The molecule has 0 N–H and O–H groups in total. The largest absolute Gasteiger partial charge is 0.335 e. The monoisotopic (exact) mass is 511 g/mol. The molecule has 0 bridgehead atoms. The van der Waals surface area contributed by atoms with Crippen LogP contribution >= 0.6 is 11.6 Å². The first-order valence-electron chi connectivity index (χ1n) is 12.7. The Morgan fingerprint density at radius 2 is 1.38 bits per heavy atom. The normalized spacial score (nSPS) is 13.6. The zero-order valence-electron chi connectivity index (χ0n) is 21.2. The maximum absolute atomic E-state index is 13.7. The molecule has 5 rings (SSSR count). The Morgan fingerprint density at radius 3 is 1.97 bits per heavy atom. The van der Waals surface area contributed by atoms with E-state index in [2.05, 4.69) is 11.5 Å². The van der Waals surface area contributed by atoms with Crippen LogP contribution in [-0.2, 0) is 6.42 Å². The number of carbonyl (C=O) groups excluding carboxylic acids is 2. The number of amides is 2. The molecule has 0 radical (unpaired) electrons. The summed E-state index contributed by atoms with van der Waals surface area (Å²) in [5.74, 6) is 0.00739. The number of para-hydroxylation sites is 1. The van der Waals surface area contributed by atoms with Crippen molar-refractivity contribution in [2.75, 3.05) is 26.2 Å². The number of rotatable bonds is 5. The van der Waals surface area contributed by atoms with Gasteiger partial charge in [0, 0.05) is 48.1 Å². The Balaban J connectivity index is 1.38. The van der Waals surface area contributed by atoms with Crippen molar-refractivity contribution in [3.63, 3.8) is 0 Å². The number of halogens is 1. The van der Waals surface area contributed by atoms with E-state index >= 15 is 0 Å². The van der Waals surface area contributed by atoms with Crippen molar-refractivity contribution in [1.29, 1.82) is 0 Å². The highest BCUT2D eigenvalue weighted by Crippen LogP contribution is 2.31. The summed E-state index contributed by atoms with van der Waals surface area (Å²) in [5.41, 5.74) is 6.38. The van der Waals surface area contributed by atoms with Crippen LogP contribution in [0.25, 0.3) is 16.9 Å². The molecule has 4 aromatic rings. The Labute approximate surface area is 222 Å². The number of benzene rings is 3. The smallest absolute Gasteiger partial charge is 0.255 e. The van der Waals surface area contributed by atoms with Crippen molar-refractivity contribution < 1.29 is 9.59 Å². The molecule has 1 aliphatic rings. The standard InChI is InChI=1S/C31H30ClN3O2/c1-3-23-9-11-25(12-10-23)30(36)33-17-19-34(20-18-33)31(37)28-21-29(24-13-15-26(32)16-14-24)35(22(28)2)27-7-5-4-6-8-27/h4-16,21H,3,17-20H2,1-2H3. The number of hydrogen-bond acceptors (Lipinski definition) is 2. The minimum atomic E-state index is -0.0122. The summed E-state index contributed by atoms with van der Waals surface area (Å²) in [5, 5.41) is 0.670. The molecule has 6 heteroatoms. The second kappa shape index (κ2) is 10.7. The van der Waals surface area contributed by atoms with Gasteiger partial charge in [0.2, 0.25) is 0 Å². The zero-order valence-corrected chi connectivity index (χ0v) is 21.9. The van der Waals surface area contributed by atoms with Gasteiger partial charge in [-0.15, -0.1) is 0 Å². The summed E-state index contributed by atoms with van der Waals surface area (Å²) in [6.07, 6.45) is 0.945. The van der Waals surface area contributed by atoms with Gasteiger partial charge in [-0.05, 0) is 66.9 Å². The molecule has 188 valence electrons. The van der Waals surface area contributed by atoms with Crippen molar-refractivity contribution in [3.8, 4) is 16.9 Å². The first kappa shape index (κ1) is 24.8. The van der Waals surface area contributed by atoms with Gasteiger partial charge in [-0.1, -0.05) is 61.0 Å². The fraction of sp³-hybridized carbons (Fsp3) is 0.226. The van der Waals surface area contributed by atoms with Gasteiger partial charge >= 0.3 is 0 Å². The summed E-state index contributed by atoms with van der Waals surface area (Å²) in [6.45, 7) is 6.12. The van der Waals surface area contributed by atoms with Crippen molar-refractivity contribution in [1.82, 2.24) is 14.4 Å². The molecule has 0 saturated carbocycles. The maximum Gasteiger partial charge on any atom is 0.255 e. The van der Waals surface area contributed by atoms with Crippen LogP contribution in [0.15, 0.2) is 84.9 Å². The average Bonchev–Trinajstić information content (AvgIpc) is 3.30. The third-order valence-corrected chi connectivity index (χ3v) is 7.35. The van der Waals surface area contributed by atoms with Crippen LogP contribution in [0.4, 0.5) is 0 Å². The third-order valence-electron chi connectivity index (χ3n) is 7.10. The van der Waals surface area contributed by atoms with Crippen molar-refractivity contribution in [3.05, 3.63) is 112 Å². The summed E-state index contributed by atoms with van der Waals surface area (Å²) in [7, 11) is 0. The number of aromatic nitrogens is 1. The molecule has 5 nitrogen and oxygen atoms in total. The van der Waals surface area contributed by atoms with Gasteiger partial charge in [-0.2, -0.15) is 0 Å². The minimum absolute atomic E-state index is 0.0122. The molecule has 2 amide bonds. The molecule has 1 fully saturated rings. The van der Waals surface area contributed by atoms with E-state index in [1.807, 2.05) is 102 Å². The number of carbonyl (C=O) groups is 2. The van der Waals surface area contributed by atoms with Crippen LogP contribution in [0.1, 0.15) is 38.9 Å². The van der Waals surface area contributed by atoms with Gasteiger partial charge in [0.1, 0.15) is 0 Å². The van der Waals surface area contributed by atoms with Crippen LogP contribution in [-0.4, -0.2) is 52.4 Å². The minimum Gasteiger partial charge on any atom is -0.335 e. The van der Waals surface area contributed by atoms with E-state index in [1.54, 1.807) is 0 Å². The molecule has 37 heavy (non-hydrogen) atoms. The molecule has 2 heterocycles. The van der Waals surface area contributed by atoms with Crippen LogP contribution < -0.4 is 0 Å². The summed E-state index contributed by atoms with van der Waals surface area (Å²) in [4.78, 5) is 30.4. The fourth-order valence-electron chi connectivity index (χ4n) is 4.91. The summed E-state index contributed by atoms with van der Waals surface area (Å²) < 4.78 is 2.12. The van der Waals surface area contributed by atoms with Crippen LogP contribution in [0.2, 0.25) is 5.02 Å². The van der Waals surface area contributed by atoms with Crippen molar-refractivity contribution >= 4 is 23.4 Å². The van der Waals surface area contributed by atoms with Gasteiger partial charge in [0.15, 0.2) is 0 Å². The lowest BCUT2D eigenvalue weighted by atomic mass is 10.1. The van der Waals surface area contributed by atoms with Gasteiger partial charge < -0.3 is 14.4 Å². The summed E-state index contributed by atoms with van der Waals surface area (Å²) >= 11 is 6.14. The summed E-state index contributed by atoms with van der Waals surface area (Å²) in [6, 6.07) is 27.5. The molecule has 0 aliphatic carbocycles.